The van der Waals surface area contributed by atoms with Crippen molar-refractivity contribution in [3.63, 3.8) is 0 Å². The standard InChI is InChI=1S/C13H17NO4/c1-9(8-11(15)18-2)14-12(13(16)17)10-6-4-3-5-7-10/h3-4,7-8,12,14H,5-6H2,1-2H3,(H,16,17)/b9-8+/t12-/m1/s1/i3D,4D,5D,6D,7D/t5?,6?,12-. The number of aliphatic carboxylic acids is 1. The number of allylic oxidation sites excluding steroid dienone is 4. The molecule has 0 amide bonds. The van der Waals surface area contributed by atoms with Gasteiger partial charge in [0.05, 0.1) is 11.2 Å². The maximum Gasteiger partial charge on any atom is 0.332 e. The molecule has 2 N–H and O–H groups in total. The van der Waals surface area contributed by atoms with E-state index in [1.165, 1.54) is 6.92 Å². The summed E-state index contributed by atoms with van der Waals surface area (Å²) >= 11 is 0. The smallest absolute Gasteiger partial charge is 0.332 e. The Kier molecular flexibility index (Phi) is 3.00. The van der Waals surface area contributed by atoms with Crippen LogP contribution in [0.1, 0.15) is 26.6 Å². The molecule has 1 aliphatic rings. The fourth-order valence-corrected chi connectivity index (χ4v) is 1.27. The summed E-state index contributed by atoms with van der Waals surface area (Å²) in [4.78, 5) is 22.6. The number of carbonyl (C=O) groups is 2. The van der Waals surface area contributed by atoms with Gasteiger partial charge in [0, 0.05) is 14.5 Å². The predicted molar refractivity (Wildman–Crippen MR) is 66.8 cm³/mol. The molecule has 2 unspecified atom stereocenters. The molecule has 0 aromatic carbocycles. The van der Waals surface area contributed by atoms with E-state index < -0.39 is 48.9 Å². The molecule has 0 spiro atoms. The van der Waals surface area contributed by atoms with Crippen LogP contribution in [0.15, 0.2) is 35.5 Å². The molecular formula is C13H17NO4. The van der Waals surface area contributed by atoms with Gasteiger partial charge in [0.1, 0.15) is 6.04 Å². The number of hydrogen-bond donors (Lipinski definition) is 2. The zero-order valence-electron chi connectivity index (χ0n) is 15.0. The molecule has 0 radical (unpaired) electrons. The van der Waals surface area contributed by atoms with Gasteiger partial charge in [-0.15, -0.1) is 0 Å². The van der Waals surface area contributed by atoms with Crippen molar-refractivity contribution in [3.05, 3.63) is 35.5 Å². The summed E-state index contributed by atoms with van der Waals surface area (Å²) in [6, 6.07) is -3.08. The van der Waals surface area contributed by atoms with E-state index in [0.29, 0.717) is 0 Å². The minimum Gasteiger partial charge on any atom is -0.479 e. The fraction of sp³-hybridized carbons (Fsp3) is 0.385. The number of ether oxygens (including phenoxy) is 1. The Bertz CT molecular complexity index is 613. The number of hydrogen-bond acceptors (Lipinski definition) is 4. The van der Waals surface area contributed by atoms with Crippen LogP contribution in [0.5, 0.6) is 0 Å². The third-order valence-corrected chi connectivity index (χ3v) is 2.09. The molecule has 0 heterocycles. The lowest BCUT2D eigenvalue weighted by Crippen LogP contribution is -2.37. The first kappa shape index (κ1) is 8.13. The minimum atomic E-state index is -1.56. The summed E-state index contributed by atoms with van der Waals surface area (Å²) in [6.07, 6.45) is -2.03. The maximum absolute atomic E-state index is 11.5. The average molecular weight is 256 g/mol. The Morgan fingerprint density at radius 2 is 2.39 bits per heavy atom. The maximum atomic E-state index is 11.5. The van der Waals surface area contributed by atoms with Gasteiger partial charge in [0.2, 0.25) is 0 Å². The first-order chi connectivity index (χ1) is 10.6. The molecule has 0 aromatic heterocycles. The summed E-state index contributed by atoms with van der Waals surface area (Å²) in [5.74, 6) is -2.13. The number of carbonyl (C=O) groups excluding carboxylic acids is 1. The molecule has 1 aliphatic carbocycles. The molecule has 0 bridgehead atoms. The van der Waals surface area contributed by atoms with Crippen LogP contribution < -0.4 is 5.32 Å². The average Bonchev–Trinajstić information content (AvgIpc) is 2.49. The Morgan fingerprint density at radius 3 is 3.00 bits per heavy atom. The van der Waals surface area contributed by atoms with Crippen LogP contribution in [0.2, 0.25) is 0 Å². The van der Waals surface area contributed by atoms with Crippen molar-refractivity contribution in [2.75, 3.05) is 7.11 Å². The highest BCUT2D eigenvalue weighted by atomic mass is 16.5. The van der Waals surface area contributed by atoms with Crippen LogP contribution >= 0.6 is 0 Å². The summed E-state index contributed by atoms with van der Waals surface area (Å²) < 4.78 is 43.0. The Balaban J connectivity index is 3.23. The minimum absolute atomic E-state index is 0.130. The molecule has 5 nitrogen and oxygen atoms in total. The zero-order chi connectivity index (χ0) is 17.9. The first-order valence-electron chi connectivity index (χ1n) is 7.75. The predicted octanol–water partition coefficient (Wildman–Crippen LogP) is 1.38. The van der Waals surface area contributed by atoms with Gasteiger partial charge < -0.3 is 15.2 Å². The van der Waals surface area contributed by atoms with E-state index in [9.17, 15) is 14.7 Å². The molecule has 0 aliphatic heterocycles. The quantitative estimate of drug-likeness (QED) is 0.441. The molecule has 0 fully saturated rings. The second-order valence-electron chi connectivity index (χ2n) is 3.44. The molecule has 0 saturated carbocycles. The summed E-state index contributed by atoms with van der Waals surface area (Å²) in [7, 11) is 1.16. The topological polar surface area (TPSA) is 75.6 Å². The van der Waals surface area contributed by atoms with Crippen LogP contribution in [-0.4, -0.2) is 30.2 Å². The van der Waals surface area contributed by atoms with Crippen LogP contribution in [0.3, 0.4) is 0 Å². The highest BCUT2D eigenvalue weighted by molar-refractivity contribution is 5.83. The van der Waals surface area contributed by atoms with Crippen molar-refractivity contribution >= 4 is 11.9 Å². The van der Waals surface area contributed by atoms with Crippen LogP contribution in [0.25, 0.3) is 0 Å². The van der Waals surface area contributed by atoms with Gasteiger partial charge in [0.25, 0.3) is 0 Å². The van der Waals surface area contributed by atoms with E-state index in [1.807, 2.05) is 0 Å². The molecule has 0 aromatic rings. The number of carboxylic acid groups (broad SMARTS) is 1. The first-order valence-corrected chi connectivity index (χ1v) is 5.09. The molecule has 5 heteroatoms. The van der Waals surface area contributed by atoms with Gasteiger partial charge in [0.15, 0.2) is 0 Å². The van der Waals surface area contributed by atoms with Crippen molar-refractivity contribution in [1.82, 2.24) is 5.32 Å². The highest BCUT2D eigenvalue weighted by Gasteiger charge is 2.22. The van der Waals surface area contributed by atoms with Gasteiger partial charge in [-0.2, -0.15) is 0 Å². The van der Waals surface area contributed by atoms with Gasteiger partial charge >= 0.3 is 11.9 Å². The number of esters is 1. The van der Waals surface area contributed by atoms with Crippen molar-refractivity contribution in [2.45, 2.75) is 25.8 Å². The number of methoxy groups -OCH3 is 1. The van der Waals surface area contributed by atoms with Crippen LogP contribution in [0, 0.1) is 0 Å². The Morgan fingerprint density at radius 1 is 1.67 bits per heavy atom. The van der Waals surface area contributed by atoms with Crippen molar-refractivity contribution in [2.24, 2.45) is 0 Å². The van der Waals surface area contributed by atoms with Gasteiger partial charge in [-0.3, -0.25) is 0 Å². The zero-order valence-corrected chi connectivity index (χ0v) is 9.98. The molecular weight excluding hydrogens is 234 g/mol. The van der Waals surface area contributed by atoms with Gasteiger partial charge in [-0.1, -0.05) is 18.2 Å². The normalized spacial score (nSPS) is 30.6. The van der Waals surface area contributed by atoms with E-state index >= 15 is 0 Å². The van der Waals surface area contributed by atoms with Crippen LogP contribution in [0.4, 0.5) is 0 Å². The van der Waals surface area contributed by atoms with Gasteiger partial charge in [-0.05, 0) is 25.3 Å². The van der Waals surface area contributed by atoms with E-state index in [4.69, 9.17) is 6.85 Å². The third-order valence-electron chi connectivity index (χ3n) is 2.09. The monoisotopic (exact) mass is 256 g/mol. The second kappa shape index (κ2) is 6.64. The summed E-state index contributed by atoms with van der Waals surface area (Å²) in [5.41, 5.74) is -0.165. The number of rotatable bonds is 5. The van der Waals surface area contributed by atoms with E-state index in [0.717, 1.165) is 13.2 Å². The van der Waals surface area contributed by atoms with Crippen molar-refractivity contribution in [3.8, 4) is 0 Å². The Labute approximate surface area is 113 Å². The van der Waals surface area contributed by atoms with Crippen molar-refractivity contribution in [1.29, 1.82) is 0 Å². The molecule has 1 rings (SSSR count). The molecule has 98 valence electrons. The molecule has 3 atom stereocenters. The Hall–Kier alpha value is -2.04. The number of carboxylic acids is 1. The lowest BCUT2D eigenvalue weighted by Gasteiger charge is -2.20. The highest BCUT2D eigenvalue weighted by Crippen LogP contribution is 2.16. The van der Waals surface area contributed by atoms with E-state index in [2.05, 4.69) is 10.1 Å². The number of nitrogens with one attached hydrogen (secondary N) is 1. The SMILES string of the molecule is [2H]C1=C([2H])C([2H])C([C@@H](N/C(C)=C/C(=O)OC)C(=O)O)=C([2H])C1[2H]. The second-order valence-corrected chi connectivity index (χ2v) is 3.44. The van der Waals surface area contributed by atoms with E-state index in [1.54, 1.807) is 0 Å². The molecule has 0 saturated heterocycles. The van der Waals surface area contributed by atoms with Crippen molar-refractivity contribution < 1.29 is 26.3 Å². The lowest BCUT2D eigenvalue weighted by atomic mass is 9.98. The summed E-state index contributed by atoms with van der Waals surface area (Å²) in [5, 5.41) is 11.8. The third kappa shape index (κ3) is 4.08. The van der Waals surface area contributed by atoms with Gasteiger partial charge in [-0.25, -0.2) is 9.59 Å². The molecule has 18 heavy (non-hydrogen) atoms. The summed E-state index contributed by atoms with van der Waals surface area (Å²) in [6.45, 7) is 1.41. The van der Waals surface area contributed by atoms with Crippen LogP contribution in [-0.2, 0) is 14.3 Å². The van der Waals surface area contributed by atoms with E-state index in [-0.39, 0.29) is 11.3 Å². The fourth-order valence-electron chi connectivity index (χ4n) is 1.27. The largest absolute Gasteiger partial charge is 0.479 e. The lowest BCUT2D eigenvalue weighted by molar-refractivity contribution is -0.138.